The summed E-state index contributed by atoms with van der Waals surface area (Å²) in [5, 5.41) is 7.20. The zero-order chi connectivity index (χ0) is 18.4. The first kappa shape index (κ1) is 18.1. The average molecular weight is 345 g/mol. The van der Waals surface area contributed by atoms with Crippen molar-refractivity contribution < 1.29 is 0 Å². The molecule has 0 aliphatic rings. The van der Waals surface area contributed by atoms with Crippen LogP contribution < -0.4 is 10.6 Å². The molecule has 0 saturated heterocycles. The molecular formula is C24H28N2. The molecule has 0 spiro atoms. The third kappa shape index (κ3) is 4.89. The van der Waals surface area contributed by atoms with Crippen LogP contribution in [0, 0.1) is 5.92 Å². The van der Waals surface area contributed by atoms with Crippen molar-refractivity contribution >= 4 is 17.1 Å². The Morgan fingerprint density at radius 2 is 1.38 bits per heavy atom. The highest BCUT2D eigenvalue weighted by molar-refractivity contribution is 5.82. The number of para-hydroxylation sites is 1. The molecule has 2 heteroatoms. The van der Waals surface area contributed by atoms with Gasteiger partial charge in [0.1, 0.15) is 0 Å². The predicted octanol–water partition coefficient (Wildman–Crippen LogP) is 6.94. The maximum Gasteiger partial charge on any atom is 0.0423 e. The van der Waals surface area contributed by atoms with Gasteiger partial charge in [0.05, 0.1) is 0 Å². The summed E-state index contributed by atoms with van der Waals surface area (Å²) in [5.74, 6) is 0.677. The van der Waals surface area contributed by atoms with Gasteiger partial charge >= 0.3 is 0 Å². The van der Waals surface area contributed by atoms with Gasteiger partial charge in [-0.25, -0.2) is 0 Å². The molecule has 0 fully saturated rings. The third-order valence-corrected chi connectivity index (χ3v) is 4.39. The third-order valence-electron chi connectivity index (χ3n) is 4.39. The highest BCUT2D eigenvalue weighted by Crippen LogP contribution is 2.32. The summed E-state index contributed by atoms with van der Waals surface area (Å²) < 4.78 is 0. The highest BCUT2D eigenvalue weighted by Gasteiger charge is 2.11. The first-order valence-electron chi connectivity index (χ1n) is 9.40. The zero-order valence-corrected chi connectivity index (χ0v) is 15.9. The Kier molecular flexibility index (Phi) is 5.96. The summed E-state index contributed by atoms with van der Waals surface area (Å²) in [6.45, 7) is 6.79. The minimum absolute atomic E-state index is 0.436. The summed E-state index contributed by atoms with van der Waals surface area (Å²) in [6.07, 6.45) is 1.15. The molecule has 3 aromatic carbocycles. The first-order chi connectivity index (χ1) is 12.6. The lowest BCUT2D eigenvalue weighted by Crippen LogP contribution is -2.18. The van der Waals surface area contributed by atoms with Crippen LogP contribution >= 0.6 is 0 Å². The summed E-state index contributed by atoms with van der Waals surface area (Å²) in [5.41, 5.74) is 5.83. The molecule has 2 nitrogen and oxygen atoms in total. The van der Waals surface area contributed by atoms with Gasteiger partial charge in [-0.3, -0.25) is 0 Å². The highest BCUT2D eigenvalue weighted by atomic mass is 14.9. The van der Waals surface area contributed by atoms with E-state index in [-0.39, 0.29) is 0 Å². The Hall–Kier alpha value is -2.74. The summed E-state index contributed by atoms with van der Waals surface area (Å²) in [7, 11) is 0. The fraction of sp³-hybridized carbons (Fsp3) is 0.250. The van der Waals surface area contributed by atoms with E-state index in [1.54, 1.807) is 0 Å². The van der Waals surface area contributed by atoms with E-state index in [9.17, 15) is 0 Å². The fourth-order valence-electron chi connectivity index (χ4n) is 3.32. The molecule has 134 valence electrons. The molecule has 2 N–H and O–H groups in total. The molecule has 0 saturated carbocycles. The average Bonchev–Trinajstić information content (AvgIpc) is 2.64. The van der Waals surface area contributed by atoms with Crippen molar-refractivity contribution in [3.63, 3.8) is 0 Å². The molecule has 0 amide bonds. The molecule has 0 bridgehead atoms. The molecule has 26 heavy (non-hydrogen) atoms. The lowest BCUT2D eigenvalue weighted by Gasteiger charge is -2.21. The van der Waals surface area contributed by atoms with Crippen LogP contribution in [0.1, 0.15) is 27.2 Å². The van der Waals surface area contributed by atoms with E-state index >= 15 is 0 Å². The number of anilines is 3. The largest absolute Gasteiger partial charge is 0.382 e. The topological polar surface area (TPSA) is 24.1 Å². The summed E-state index contributed by atoms with van der Waals surface area (Å²) in [4.78, 5) is 0. The maximum absolute atomic E-state index is 3.70. The molecule has 1 unspecified atom stereocenters. The molecule has 0 aliphatic carbocycles. The van der Waals surface area contributed by atoms with E-state index in [0.29, 0.717) is 12.0 Å². The fourth-order valence-corrected chi connectivity index (χ4v) is 3.32. The lowest BCUT2D eigenvalue weighted by molar-refractivity contribution is 0.540. The number of hydrogen-bond acceptors (Lipinski definition) is 2. The Morgan fingerprint density at radius 3 is 2.04 bits per heavy atom. The van der Waals surface area contributed by atoms with Gasteiger partial charge in [0.2, 0.25) is 0 Å². The van der Waals surface area contributed by atoms with E-state index in [1.807, 2.05) is 18.2 Å². The Bertz CT molecular complexity index is 810. The minimum Gasteiger partial charge on any atom is -0.382 e. The summed E-state index contributed by atoms with van der Waals surface area (Å²) in [6, 6.07) is 27.9. The van der Waals surface area contributed by atoms with Gasteiger partial charge in [-0.1, -0.05) is 62.4 Å². The molecule has 3 rings (SSSR count). The smallest absolute Gasteiger partial charge is 0.0423 e. The van der Waals surface area contributed by atoms with Crippen LogP contribution in [0.4, 0.5) is 17.1 Å². The molecule has 0 radical (unpaired) electrons. The predicted molar refractivity (Wildman–Crippen MR) is 114 cm³/mol. The van der Waals surface area contributed by atoms with Gasteiger partial charge in [0.15, 0.2) is 0 Å². The van der Waals surface area contributed by atoms with Crippen LogP contribution in [0.15, 0.2) is 78.9 Å². The Balaban J connectivity index is 1.91. The van der Waals surface area contributed by atoms with Crippen molar-refractivity contribution in [3.05, 3.63) is 78.9 Å². The standard InChI is InChI=1S/C24H28N2/c1-18(2)16-19(3)25-24-15-14-22(26-21-12-8-5-9-13-21)17-23(24)20-10-6-4-7-11-20/h4-15,17-19,25-26H,16H2,1-3H3. The second-order valence-corrected chi connectivity index (χ2v) is 7.29. The van der Waals surface area contributed by atoms with Crippen LogP contribution in [0.3, 0.4) is 0 Å². The SMILES string of the molecule is CC(C)CC(C)Nc1ccc(Nc2ccccc2)cc1-c1ccccc1. The minimum atomic E-state index is 0.436. The van der Waals surface area contributed by atoms with Gasteiger partial charge in [0, 0.05) is 28.7 Å². The van der Waals surface area contributed by atoms with E-state index in [4.69, 9.17) is 0 Å². The molecule has 1 atom stereocenters. The zero-order valence-electron chi connectivity index (χ0n) is 15.9. The molecular weight excluding hydrogens is 316 g/mol. The maximum atomic E-state index is 3.70. The molecule has 3 aromatic rings. The van der Waals surface area contributed by atoms with E-state index in [2.05, 4.69) is 92.1 Å². The number of hydrogen-bond donors (Lipinski definition) is 2. The van der Waals surface area contributed by atoms with E-state index in [1.165, 1.54) is 16.8 Å². The van der Waals surface area contributed by atoms with E-state index in [0.717, 1.165) is 17.8 Å². The second kappa shape index (κ2) is 8.57. The van der Waals surface area contributed by atoms with Gasteiger partial charge in [0.25, 0.3) is 0 Å². The Labute approximate surface area is 157 Å². The van der Waals surface area contributed by atoms with Crippen LogP contribution in [-0.2, 0) is 0 Å². The van der Waals surface area contributed by atoms with Gasteiger partial charge < -0.3 is 10.6 Å². The van der Waals surface area contributed by atoms with Crippen LogP contribution in [0.2, 0.25) is 0 Å². The van der Waals surface area contributed by atoms with Crippen molar-refractivity contribution in [2.75, 3.05) is 10.6 Å². The molecule has 0 aromatic heterocycles. The first-order valence-corrected chi connectivity index (χ1v) is 9.40. The van der Waals surface area contributed by atoms with Gasteiger partial charge in [-0.15, -0.1) is 0 Å². The van der Waals surface area contributed by atoms with Crippen molar-refractivity contribution in [2.45, 2.75) is 33.2 Å². The normalized spacial score (nSPS) is 12.0. The van der Waals surface area contributed by atoms with Crippen LogP contribution in [0.5, 0.6) is 0 Å². The Morgan fingerprint density at radius 1 is 0.731 bits per heavy atom. The van der Waals surface area contributed by atoms with Gasteiger partial charge in [-0.05, 0) is 55.2 Å². The van der Waals surface area contributed by atoms with Crippen LogP contribution in [0.25, 0.3) is 11.1 Å². The van der Waals surface area contributed by atoms with Crippen molar-refractivity contribution in [2.24, 2.45) is 5.92 Å². The van der Waals surface area contributed by atoms with Crippen molar-refractivity contribution in [1.29, 1.82) is 0 Å². The quantitative estimate of drug-likeness (QED) is 0.485. The van der Waals surface area contributed by atoms with Gasteiger partial charge in [-0.2, -0.15) is 0 Å². The monoisotopic (exact) mass is 344 g/mol. The molecule has 0 heterocycles. The molecule has 0 aliphatic heterocycles. The number of rotatable bonds is 7. The second-order valence-electron chi connectivity index (χ2n) is 7.29. The van der Waals surface area contributed by atoms with E-state index < -0.39 is 0 Å². The number of nitrogens with one attached hydrogen (secondary N) is 2. The lowest BCUT2D eigenvalue weighted by atomic mass is 10.0. The van der Waals surface area contributed by atoms with Crippen LogP contribution in [-0.4, -0.2) is 6.04 Å². The summed E-state index contributed by atoms with van der Waals surface area (Å²) >= 11 is 0. The van der Waals surface area contributed by atoms with Crippen molar-refractivity contribution in [3.8, 4) is 11.1 Å². The van der Waals surface area contributed by atoms with Crippen molar-refractivity contribution in [1.82, 2.24) is 0 Å². The number of benzene rings is 3.